The van der Waals surface area contributed by atoms with Gasteiger partial charge < -0.3 is 5.11 Å². The van der Waals surface area contributed by atoms with Gasteiger partial charge in [0.25, 0.3) is 0 Å². The standard InChI is InChI=1S/C20H18N2O4/c1-20(2,3)16-7-5-14(6-8-16)19(24)15(12-21)10-13-4-9-18(23)17(11-13)22(25)26/h4-11,23H,1-3H3/b15-10+. The quantitative estimate of drug-likeness (QED) is 0.289. The summed E-state index contributed by atoms with van der Waals surface area (Å²) in [7, 11) is 0. The number of carbonyl (C=O) groups is 1. The molecule has 0 aliphatic carbocycles. The lowest BCUT2D eigenvalue weighted by Crippen LogP contribution is -2.11. The average Bonchev–Trinajstić information content (AvgIpc) is 2.59. The van der Waals surface area contributed by atoms with Gasteiger partial charge in [-0.25, -0.2) is 0 Å². The zero-order valence-corrected chi connectivity index (χ0v) is 14.7. The van der Waals surface area contributed by atoms with Crippen molar-refractivity contribution in [2.45, 2.75) is 26.2 Å². The SMILES string of the molecule is CC(C)(C)c1ccc(C(=O)/C(C#N)=C/c2ccc(O)c([N+](=O)[O-])c2)cc1. The number of phenolic OH excluding ortho intramolecular Hbond substituents is 1. The summed E-state index contributed by atoms with van der Waals surface area (Å²) in [6, 6.07) is 12.5. The van der Waals surface area contributed by atoms with Crippen LogP contribution in [0.2, 0.25) is 0 Å². The summed E-state index contributed by atoms with van der Waals surface area (Å²) >= 11 is 0. The molecule has 2 rings (SSSR count). The summed E-state index contributed by atoms with van der Waals surface area (Å²) in [4.78, 5) is 22.7. The van der Waals surface area contributed by atoms with Crippen molar-refractivity contribution in [2.75, 3.05) is 0 Å². The minimum atomic E-state index is -0.730. The van der Waals surface area contributed by atoms with Crippen molar-refractivity contribution in [3.63, 3.8) is 0 Å². The number of benzene rings is 2. The predicted molar refractivity (Wildman–Crippen MR) is 97.8 cm³/mol. The number of allylic oxidation sites excluding steroid dienone is 1. The zero-order chi connectivity index (χ0) is 19.5. The number of nitrogens with zero attached hydrogens (tertiary/aromatic N) is 2. The largest absolute Gasteiger partial charge is 0.502 e. The van der Waals surface area contributed by atoms with Gasteiger partial charge in [0.1, 0.15) is 11.6 Å². The highest BCUT2D eigenvalue weighted by Gasteiger charge is 2.17. The highest BCUT2D eigenvalue weighted by atomic mass is 16.6. The zero-order valence-electron chi connectivity index (χ0n) is 14.7. The summed E-state index contributed by atoms with van der Waals surface area (Å²) in [5.74, 6) is -0.946. The molecule has 0 saturated carbocycles. The Balaban J connectivity index is 2.38. The van der Waals surface area contributed by atoms with Gasteiger partial charge in [-0.05, 0) is 28.7 Å². The average molecular weight is 350 g/mol. The lowest BCUT2D eigenvalue weighted by atomic mass is 9.86. The Morgan fingerprint density at radius 3 is 2.31 bits per heavy atom. The predicted octanol–water partition coefficient (Wildman–Crippen LogP) is 4.39. The Bertz CT molecular complexity index is 930. The molecule has 0 radical (unpaired) electrons. The summed E-state index contributed by atoms with van der Waals surface area (Å²) in [6.45, 7) is 6.17. The highest BCUT2D eigenvalue weighted by Crippen LogP contribution is 2.28. The number of Topliss-reactive ketones (excluding diaryl/α,β-unsaturated/α-hetero) is 1. The first kappa shape index (κ1) is 18.9. The number of phenols is 1. The number of rotatable bonds is 4. The molecule has 0 spiro atoms. The monoisotopic (exact) mass is 350 g/mol. The second-order valence-corrected chi connectivity index (χ2v) is 6.83. The maximum Gasteiger partial charge on any atom is 0.311 e. The van der Waals surface area contributed by atoms with E-state index in [0.717, 1.165) is 17.7 Å². The van der Waals surface area contributed by atoms with Crippen molar-refractivity contribution in [1.29, 1.82) is 5.26 Å². The number of hydrogen-bond acceptors (Lipinski definition) is 5. The van der Waals surface area contributed by atoms with Crippen LogP contribution in [-0.4, -0.2) is 15.8 Å². The first-order valence-electron chi connectivity index (χ1n) is 7.88. The molecule has 0 atom stereocenters. The molecule has 0 bridgehead atoms. The van der Waals surface area contributed by atoms with Crippen molar-refractivity contribution in [2.24, 2.45) is 0 Å². The van der Waals surface area contributed by atoms with Crippen LogP contribution < -0.4 is 0 Å². The number of ketones is 1. The van der Waals surface area contributed by atoms with Gasteiger partial charge in [-0.15, -0.1) is 0 Å². The van der Waals surface area contributed by atoms with E-state index in [1.807, 2.05) is 18.2 Å². The third-order valence-electron chi connectivity index (χ3n) is 3.89. The molecule has 0 unspecified atom stereocenters. The van der Waals surface area contributed by atoms with Gasteiger partial charge in [-0.3, -0.25) is 14.9 Å². The van der Waals surface area contributed by atoms with Crippen LogP contribution >= 0.6 is 0 Å². The van der Waals surface area contributed by atoms with E-state index < -0.39 is 22.1 Å². The molecule has 1 N–H and O–H groups in total. The lowest BCUT2D eigenvalue weighted by molar-refractivity contribution is -0.385. The molecule has 0 fully saturated rings. The van der Waals surface area contributed by atoms with Crippen molar-refractivity contribution in [1.82, 2.24) is 0 Å². The van der Waals surface area contributed by atoms with Gasteiger partial charge in [0.15, 0.2) is 5.75 Å². The van der Waals surface area contributed by atoms with E-state index in [1.165, 1.54) is 12.1 Å². The van der Waals surface area contributed by atoms with Crippen LogP contribution in [0.1, 0.15) is 42.3 Å². The number of carbonyl (C=O) groups excluding carboxylic acids is 1. The molecule has 0 aliphatic heterocycles. The van der Waals surface area contributed by atoms with Gasteiger partial charge in [-0.1, -0.05) is 51.1 Å². The molecule has 0 amide bonds. The summed E-state index contributed by atoms with van der Waals surface area (Å²) < 4.78 is 0. The topological polar surface area (TPSA) is 104 Å². The smallest absolute Gasteiger partial charge is 0.311 e. The number of nitro groups is 1. The van der Waals surface area contributed by atoms with Crippen LogP contribution in [0.3, 0.4) is 0 Å². The normalized spacial score (nSPS) is 11.7. The minimum absolute atomic E-state index is 0.0551. The van der Waals surface area contributed by atoms with E-state index in [4.69, 9.17) is 0 Å². The fourth-order valence-corrected chi connectivity index (χ4v) is 2.37. The second kappa shape index (κ2) is 7.19. The Morgan fingerprint density at radius 2 is 1.81 bits per heavy atom. The number of aromatic hydroxyl groups is 1. The maximum atomic E-state index is 12.6. The molecule has 0 saturated heterocycles. The van der Waals surface area contributed by atoms with Crippen LogP contribution in [0.4, 0.5) is 5.69 Å². The fourth-order valence-electron chi connectivity index (χ4n) is 2.37. The minimum Gasteiger partial charge on any atom is -0.502 e. The van der Waals surface area contributed by atoms with Crippen LogP contribution in [0.15, 0.2) is 48.0 Å². The first-order valence-corrected chi connectivity index (χ1v) is 7.88. The van der Waals surface area contributed by atoms with Gasteiger partial charge in [0.05, 0.1) is 4.92 Å². The van der Waals surface area contributed by atoms with Crippen LogP contribution in [0, 0.1) is 21.4 Å². The lowest BCUT2D eigenvalue weighted by Gasteiger charge is -2.18. The Hall–Kier alpha value is -3.46. The fraction of sp³-hybridized carbons (Fsp3) is 0.200. The van der Waals surface area contributed by atoms with E-state index in [-0.39, 0.29) is 16.6 Å². The molecule has 6 nitrogen and oxygen atoms in total. The second-order valence-electron chi connectivity index (χ2n) is 6.83. The molecule has 2 aromatic rings. The van der Waals surface area contributed by atoms with Crippen LogP contribution in [0.5, 0.6) is 5.75 Å². The molecule has 6 heteroatoms. The molecular formula is C20H18N2O4. The molecule has 0 aromatic heterocycles. The van der Waals surface area contributed by atoms with E-state index in [1.54, 1.807) is 12.1 Å². The Morgan fingerprint density at radius 1 is 1.19 bits per heavy atom. The number of nitro benzene ring substituents is 1. The third-order valence-corrected chi connectivity index (χ3v) is 3.89. The van der Waals surface area contributed by atoms with Crippen LogP contribution in [0.25, 0.3) is 6.08 Å². The van der Waals surface area contributed by atoms with E-state index in [0.29, 0.717) is 5.56 Å². The molecular weight excluding hydrogens is 332 g/mol. The van der Waals surface area contributed by atoms with E-state index in [2.05, 4.69) is 20.8 Å². The van der Waals surface area contributed by atoms with Gasteiger partial charge in [0, 0.05) is 11.6 Å². The number of hydrogen-bond donors (Lipinski definition) is 1. The third kappa shape index (κ3) is 4.14. The summed E-state index contributed by atoms with van der Waals surface area (Å²) in [5.41, 5.74) is 1.02. The first-order chi connectivity index (χ1) is 12.1. The van der Waals surface area contributed by atoms with Crippen LogP contribution in [-0.2, 0) is 5.41 Å². The van der Waals surface area contributed by atoms with Gasteiger partial charge in [0.2, 0.25) is 5.78 Å². The van der Waals surface area contributed by atoms with Gasteiger partial charge in [-0.2, -0.15) is 5.26 Å². The molecule has 0 aliphatic rings. The Kier molecular flexibility index (Phi) is 5.22. The van der Waals surface area contributed by atoms with Crippen molar-refractivity contribution in [3.05, 3.63) is 74.8 Å². The van der Waals surface area contributed by atoms with E-state index >= 15 is 0 Å². The highest BCUT2D eigenvalue weighted by molar-refractivity contribution is 6.14. The van der Waals surface area contributed by atoms with Crippen molar-refractivity contribution in [3.8, 4) is 11.8 Å². The van der Waals surface area contributed by atoms with Gasteiger partial charge >= 0.3 is 5.69 Å². The van der Waals surface area contributed by atoms with E-state index in [9.17, 15) is 25.3 Å². The molecule has 132 valence electrons. The molecule has 26 heavy (non-hydrogen) atoms. The summed E-state index contributed by atoms with van der Waals surface area (Å²) in [6.07, 6.45) is 1.27. The molecule has 2 aromatic carbocycles. The maximum absolute atomic E-state index is 12.6. The summed E-state index contributed by atoms with van der Waals surface area (Å²) in [5, 5.41) is 29.7. The Labute approximate surface area is 151 Å². The number of nitriles is 1. The van der Waals surface area contributed by atoms with Crippen molar-refractivity contribution >= 4 is 17.5 Å². The molecule has 0 heterocycles. The van der Waals surface area contributed by atoms with Crippen molar-refractivity contribution < 1.29 is 14.8 Å².